The van der Waals surface area contributed by atoms with Crippen LogP contribution in [0.1, 0.15) is 59.5 Å². The normalized spacial score (nSPS) is 15.5. The van der Waals surface area contributed by atoms with Gasteiger partial charge in [0.15, 0.2) is 5.13 Å². The number of anilines is 1. The van der Waals surface area contributed by atoms with Gasteiger partial charge in [0, 0.05) is 17.0 Å². The minimum Gasteiger partial charge on any atom is -0.356 e. The van der Waals surface area contributed by atoms with Gasteiger partial charge in [0.05, 0.1) is 11.6 Å². The van der Waals surface area contributed by atoms with E-state index in [1.807, 2.05) is 0 Å². The number of aryl methyl sites for hydroxylation is 1. The van der Waals surface area contributed by atoms with Crippen LogP contribution in [0.25, 0.3) is 0 Å². The molecule has 1 unspecified atom stereocenters. The second kappa shape index (κ2) is 8.40. The predicted octanol–water partition coefficient (Wildman–Crippen LogP) is 3.87. The van der Waals surface area contributed by atoms with Gasteiger partial charge in [-0.05, 0) is 43.5 Å². The van der Waals surface area contributed by atoms with E-state index in [2.05, 4.69) is 22.5 Å². The molecule has 1 aromatic heterocycles. The van der Waals surface area contributed by atoms with Crippen LogP contribution in [0.3, 0.4) is 0 Å². The summed E-state index contributed by atoms with van der Waals surface area (Å²) in [5, 5.41) is 6.20. The number of thiazole rings is 1. The number of halogens is 1. The standard InChI is InChI=1S/C19H22FN3O2S/c1-2-3-4-11-21-18(25)14-9-10-15-16(14)22-19(26-15)23-17(24)12-5-7-13(20)8-6-12/h5-8,14H,2-4,9-11H2,1H3,(H,21,25)(H,22,23,24). The van der Waals surface area contributed by atoms with Gasteiger partial charge in [-0.25, -0.2) is 9.37 Å². The van der Waals surface area contributed by atoms with E-state index < -0.39 is 0 Å². The first kappa shape index (κ1) is 18.5. The van der Waals surface area contributed by atoms with Gasteiger partial charge in [0.2, 0.25) is 5.91 Å². The maximum atomic E-state index is 13.0. The second-order valence-electron chi connectivity index (χ2n) is 6.38. The maximum Gasteiger partial charge on any atom is 0.257 e. The van der Waals surface area contributed by atoms with Crippen molar-refractivity contribution in [1.29, 1.82) is 0 Å². The van der Waals surface area contributed by atoms with Crippen molar-refractivity contribution in [3.8, 4) is 0 Å². The Morgan fingerprint density at radius 1 is 1.27 bits per heavy atom. The number of nitrogens with zero attached hydrogens (tertiary/aromatic N) is 1. The molecule has 1 aliphatic carbocycles. The van der Waals surface area contributed by atoms with Crippen molar-refractivity contribution in [2.45, 2.75) is 44.9 Å². The molecule has 2 aromatic rings. The van der Waals surface area contributed by atoms with Crippen LogP contribution in [-0.2, 0) is 11.2 Å². The molecule has 3 rings (SSSR count). The molecule has 2 N–H and O–H groups in total. The first-order valence-electron chi connectivity index (χ1n) is 8.92. The lowest BCUT2D eigenvalue weighted by Crippen LogP contribution is -2.29. The van der Waals surface area contributed by atoms with Gasteiger partial charge in [0.25, 0.3) is 5.91 Å². The number of rotatable bonds is 7. The minimum atomic E-state index is -0.387. The first-order valence-corrected chi connectivity index (χ1v) is 9.74. The monoisotopic (exact) mass is 375 g/mol. The lowest BCUT2D eigenvalue weighted by molar-refractivity contribution is -0.122. The smallest absolute Gasteiger partial charge is 0.257 e. The molecule has 0 aliphatic heterocycles. The van der Waals surface area contributed by atoms with Crippen molar-refractivity contribution in [3.05, 3.63) is 46.2 Å². The van der Waals surface area contributed by atoms with Crippen LogP contribution >= 0.6 is 11.3 Å². The second-order valence-corrected chi connectivity index (χ2v) is 7.46. The maximum absolute atomic E-state index is 13.0. The zero-order valence-corrected chi connectivity index (χ0v) is 15.5. The average Bonchev–Trinajstić information content (AvgIpc) is 3.19. The summed E-state index contributed by atoms with van der Waals surface area (Å²) < 4.78 is 13.0. The number of fused-ring (bicyclic) bond motifs is 1. The molecule has 0 spiro atoms. The van der Waals surface area contributed by atoms with Crippen LogP contribution in [0.2, 0.25) is 0 Å². The number of carbonyl (C=O) groups is 2. The van der Waals surface area contributed by atoms with Crippen molar-refractivity contribution in [2.24, 2.45) is 0 Å². The van der Waals surface area contributed by atoms with E-state index in [1.165, 1.54) is 35.6 Å². The van der Waals surface area contributed by atoms with Crippen LogP contribution in [0.15, 0.2) is 24.3 Å². The topological polar surface area (TPSA) is 71.1 Å². The highest BCUT2D eigenvalue weighted by molar-refractivity contribution is 7.16. The first-order chi connectivity index (χ1) is 12.6. The van der Waals surface area contributed by atoms with Crippen molar-refractivity contribution in [1.82, 2.24) is 10.3 Å². The Balaban J connectivity index is 1.62. The summed E-state index contributed by atoms with van der Waals surface area (Å²) >= 11 is 1.40. The molecule has 5 nitrogen and oxygen atoms in total. The average molecular weight is 375 g/mol. The fraction of sp³-hybridized carbons (Fsp3) is 0.421. The molecular formula is C19H22FN3O2S. The third kappa shape index (κ3) is 4.27. The molecule has 1 atom stereocenters. The SMILES string of the molecule is CCCCCNC(=O)C1CCc2sc(NC(=O)c3ccc(F)cc3)nc21. The third-order valence-corrected chi connectivity index (χ3v) is 5.49. The van der Waals surface area contributed by atoms with Gasteiger partial charge in [-0.2, -0.15) is 0 Å². The van der Waals surface area contributed by atoms with E-state index in [1.54, 1.807) is 0 Å². The highest BCUT2D eigenvalue weighted by Crippen LogP contribution is 2.38. The summed E-state index contributed by atoms with van der Waals surface area (Å²) in [5.41, 5.74) is 1.14. The van der Waals surface area contributed by atoms with Crippen LogP contribution in [0.5, 0.6) is 0 Å². The molecule has 0 radical (unpaired) electrons. The Bertz CT molecular complexity index is 789. The molecule has 1 aromatic carbocycles. The molecule has 138 valence electrons. The van der Waals surface area contributed by atoms with Crippen molar-refractivity contribution in [2.75, 3.05) is 11.9 Å². The van der Waals surface area contributed by atoms with Gasteiger partial charge in [-0.1, -0.05) is 19.8 Å². The van der Waals surface area contributed by atoms with Gasteiger partial charge >= 0.3 is 0 Å². The fourth-order valence-corrected chi connectivity index (χ4v) is 4.05. The van der Waals surface area contributed by atoms with Crippen LogP contribution in [0.4, 0.5) is 9.52 Å². The van der Waals surface area contributed by atoms with Gasteiger partial charge in [-0.3, -0.25) is 14.9 Å². The van der Waals surface area contributed by atoms with E-state index >= 15 is 0 Å². The zero-order valence-electron chi connectivity index (χ0n) is 14.7. The zero-order chi connectivity index (χ0) is 18.5. The Kier molecular flexibility index (Phi) is 5.98. The van der Waals surface area contributed by atoms with Crippen LogP contribution in [-0.4, -0.2) is 23.3 Å². The number of hydrogen-bond acceptors (Lipinski definition) is 4. The van der Waals surface area contributed by atoms with E-state index in [9.17, 15) is 14.0 Å². The molecule has 1 aliphatic rings. The lowest BCUT2D eigenvalue weighted by Gasteiger charge is -2.10. The Morgan fingerprint density at radius 2 is 2.04 bits per heavy atom. The number of carbonyl (C=O) groups excluding carboxylic acids is 2. The van der Waals surface area contributed by atoms with Crippen LogP contribution < -0.4 is 10.6 Å². The summed E-state index contributed by atoms with van der Waals surface area (Å²) in [6, 6.07) is 5.35. The lowest BCUT2D eigenvalue weighted by atomic mass is 10.1. The summed E-state index contributed by atoms with van der Waals surface area (Å²) in [4.78, 5) is 30.1. The Hall–Kier alpha value is -2.28. The van der Waals surface area contributed by atoms with Crippen LogP contribution in [0, 0.1) is 5.82 Å². The largest absolute Gasteiger partial charge is 0.356 e. The summed E-state index contributed by atoms with van der Waals surface area (Å²) in [7, 11) is 0. The van der Waals surface area contributed by atoms with Crippen molar-refractivity contribution >= 4 is 28.3 Å². The molecule has 0 bridgehead atoms. The number of amides is 2. The molecule has 26 heavy (non-hydrogen) atoms. The highest BCUT2D eigenvalue weighted by atomic mass is 32.1. The van der Waals surface area contributed by atoms with Crippen molar-refractivity contribution < 1.29 is 14.0 Å². The number of nitrogens with one attached hydrogen (secondary N) is 2. The Labute approximate surface area is 156 Å². The third-order valence-electron chi connectivity index (χ3n) is 4.44. The van der Waals surface area contributed by atoms with E-state index in [0.717, 1.165) is 42.7 Å². The summed E-state index contributed by atoms with van der Waals surface area (Å²) in [5.74, 6) is -0.943. The minimum absolute atomic E-state index is 0.0153. The molecular weight excluding hydrogens is 353 g/mol. The summed E-state index contributed by atoms with van der Waals surface area (Å²) in [6.45, 7) is 2.82. The van der Waals surface area contributed by atoms with E-state index in [4.69, 9.17) is 0 Å². The molecule has 1 heterocycles. The summed E-state index contributed by atoms with van der Waals surface area (Å²) in [6.07, 6.45) is 4.77. The predicted molar refractivity (Wildman–Crippen MR) is 100 cm³/mol. The molecule has 0 fully saturated rings. The van der Waals surface area contributed by atoms with Gasteiger partial charge in [0.1, 0.15) is 5.82 Å². The fourth-order valence-electron chi connectivity index (χ4n) is 3.02. The number of hydrogen-bond donors (Lipinski definition) is 2. The number of benzene rings is 1. The molecule has 0 saturated carbocycles. The Morgan fingerprint density at radius 3 is 2.77 bits per heavy atom. The molecule has 2 amide bonds. The van der Waals surface area contributed by atoms with E-state index in [-0.39, 0.29) is 23.5 Å². The van der Waals surface area contributed by atoms with E-state index in [0.29, 0.717) is 17.2 Å². The number of aromatic nitrogens is 1. The van der Waals surface area contributed by atoms with Crippen molar-refractivity contribution in [3.63, 3.8) is 0 Å². The molecule has 0 saturated heterocycles. The quantitative estimate of drug-likeness (QED) is 0.722. The van der Waals surface area contributed by atoms with Gasteiger partial charge in [-0.15, -0.1) is 11.3 Å². The number of unbranched alkanes of at least 4 members (excludes halogenated alkanes) is 2. The van der Waals surface area contributed by atoms with Gasteiger partial charge < -0.3 is 5.32 Å². The highest BCUT2D eigenvalue weighted by Gasteiger charge is 2.32. The molecule has 7 heteroatoms.